The Bertz CT molecular complexity index is 300. The maximum atomic E-state index is 11.9. The van der Waals surface area contributed by atoms with Crippen LogP contribution in [-0.4, -0.2) is 35.0 Å². The van der Waals surface area contributed by atoms with Gasteiger partial charge in [0.25, 0.3) is 0 Å². The Morgan fingerprint density at radius 1 is 1.62 bits per heavy atom. The fourth-order valence-electron chi connectivity index (χ4n) is 1.78. The lowest BCUT2D eigenvalue weighted by atomic mass is 10.0. The van der Waals surface area contributed by atoms with Crippen LogP contribution in [0.1, 0.15) is 32.6 Å². The monoisotopic (exact) mass is 226 g/mol. The van der Waals surface area contributed by atoms with Crippen molar-refractivity contribution in [1.29, 1.82) is 0 Å². The summed E-state index contributed by atoms with van der Waals surface area (Å²) in [6, 6.07) is 0. The van der Waals surface area contributed by atoms with Gasteiger partial charge in [0.15, 0.2) is 0 Å². The average Bonchev–Trinajstić information content (AvgIpc) is 2.30. The number of hydrogen-bond acceptors (Lipinski definition) is 3. The largest absolute Gasteiger partial charge is 0.339 e. The SMILES string of the molecule is CCCN1CCC=C(CCC(=O)NO)C1=O. The number of hydrogen-bond donors (Lipinski definition) is 2. The molecular formula is C11H18N2O3. The van der Waals surface area contributed by atoms with E-state index in [0.29, 0.717) is 12.0 Å². The summed E-state index contributed by atoms with van der Waals surface area (Å²) in [5, 5.41) is 8.35. The molecule has 1 aliphatic rings. The zero-order valence-corrected chi connectivity index (χ0v) is 9.53. The van der Waals surface area contributed by atoms with Gasteiger partial charge < -0.3 is 4.90 Å². The van der Waals surface area contributed by atoms with Crippen molar-refractivity contribution in [2.24, 2.45) is 0 Å². The Balaban J connectivity index is 2.50. The summed E-state index contributed by atoms with van der Waals surface area (Å²) in [4.78, 5) is 24.5. The first-order valence-corrected chi connectivity index (χ1v) is 5.60. The van der Waals surface area contributed by atoms with Gasteiger partial charge in [0.2, 0.25) is 11.8 Å². The van der Waals surface area contributed by atoms with Crippen molar-refractivity contribution in [2.75, 3.05) is 13.1 Å². The minimum Gasteiger partial charge on any atom is -0.339 e. The molecule has 2 N–H and O–H groups in total. The van der Waals surface area contributed by atoms with Crippen molar-refractivity contribution in [1.82, 2.24) is 10.4 Å². The standard InChI is InChI=1S/C11H18N2O3/c1-2-7-13-8-3-4-9(11(13)15)5-6-10(14)12-16/h4,16H,2-3,5-8H2,1H3,(H,12,14). The maximum Gasteiger partial charge on any atom is 0.249 e. The van der Waals surface area contributed by atoms with E-state index in [0.717, 1.165) is 25.9 Å². The smallest absolute Gasteiger partial charge is 0.249 e. The predicted octanol–water partition coefficient (Wildman–Crippen LogP) is 0.841. The van der Waals surface area contributed by atoms with Crippen LogP contribution in [0.5, 0.6) is 0 Å². The van der Waals surface area contributed by atoms with Crippen LogP contribution in [0, 0.1) is 0 Å². The van der Waals surface area contributed by atoms with Crippen LogP contribution >= 0.6 is 0 Å². The molecule has 0 unspecified atom stereocenters. The highest BCUT2D eigenvalue weighted by Crippen LogP contribution is 2.16. The minimum atomic E-state index is -0.457. The molecule has 5 heteroatoms. The summed E-state index contributed by atoms with van der Waals surface area (Å²) in [6.45, 7) is 3.56. The highest BCUT2D eigenvalue weighted by Gasteiger charge is 2.21. The van der Waals surface area contributed by atoms with Gasteiger partial charge >= 0.3 is 0 Å². The van der Waals surface area contributed by atoms with E-state index in [1.165, 1.54) is 0 Å². The van der Waals surface area contributed by atoms with E-state index in [1.807, 2.05) is 17.9 Å². The van der Waals surface area contributed by atoms with Gasteiger partial charge in [-0.3, -0.25) is 14.8 Å². The molecular weight excluding hydrogens is 208 g/mol. The number of carbonyl (C=O) groups excluding carboxylic acids is 2. The first-order valence-electron chi connectivity index (χ1n) is 5.60. The van der Waals surface area contributed by atoms with Gasteiger partial charge in [-0.05, 0) is 19.3 Å². The zero-order valence-electron chi connectivity index (χ0n) is 9.53. The third kappa shape index (κ3) is 3.34. The van der Waals surface area contributed by atoms with Crippen molar-refractivity contribution < 1.29 is 14.8 Å². The van der Waals surface area contributed by atoms with Crippen molar-refractivity contribution in [3.63, 3.8) is 0 Å². The van der Waals surface area contributed by atoms with E-state index in [-0.39, 0.29) is 12.3 Å². The normalized spacial score (nSPS) is 16.0. The Kier molecular flexibility index (Phi) is 4.98. The van der Waals surface area contributed by atoms with Crippen molar-refractivity contribution >= 4 is 11.8 Å². The summed E-state index contributed by atoms with van der Waals surface area (Å²) < 4.78 is 0. The highest BCUT2D eigenvalue weighted by atomic mass is 16.5. The van der Waals surface area contributed by atoms with Crippen LogP contribution < -0.4 is 5.48 Å². The number of rotatable bonds is 5. The predicted molar refractivity (Wildman–Crippen MR) is 58.7 cm³/mol. The Morgan fingerprint density at radius 3 is 3.00 bits per heavy atom. The first-order chi connectivity index (χ1) is 7.69. The first kappa shape index (κ1) is 12.7. The van der Waals surface area contributed by atoms with Crippen LogP contribution in [0.25, 0.3) is 0 Å². The highest BCUT2D eigenvalue weighted by molar-refractivity contribution is 5.94. The number of nitrogens with one attached hydrogen (secondary N) is 1. The fraction of sp³-hybridized carbons (Fsp3) is 0.636. The summed E-state index contributed by atoms with van der Waals surface area (Å²) in [6.07, 6.45) is 4.22. The second kappa shape index (κ2) is 6.27. The van der Waals surface area contributed by atoms with E-state index in [2.05, 4.69) is 0 Å². The third-order valence-electron chi connectivity index (χ3n) is 2.59. The molecule has 90 valence electrons. The molecule has 0 aromatic rings. The van der Waals surface area contributed by atoms with Gasteiger partial charge in [-0.2, -0.15) is 0 Å². The van der Waals surface area contributed by atoms with E-state index in [1.54, 1.807) is 5.48 Å². The molecule has 0 bridgehead atoms. The van der Waals surface area contributed by atoms with E-state index in [9.17, 15) is 9.59 Å². The van der Waals surface area contributed by atoms with E-state index < -0.39 is 5.91 Å². The van der Waals surface area contributed by atoms with Crippen LogP contribution in [0.3, 0.4) is 0 Å². The topological polar surface area (TPSA) is 69.6 Å². The molecule has 0 saturated heterocycles. The van der Waals surface area contributed by atoms with Gasteiger partial charge in [-0.15, -0.1) is 0 Å². The summed E-state index contributed by atoms with van der Waals surface area (Å²) in [5.41, 5.74) is 2.25. The fourth-order valence-corrected chi connectivity index (χ4v) is 1.78. The lowest BCUT2D eigenvalue weighted by Crippen LogP contribution is -2.36. The van der Waals surface area contributed by atoms with E-state index >= 15 is 0 Å². The second-order valence-electron chi connectivity index (χ2n) is 3.85. The molecule has 16 heavy (non-hydrogen) atoms. The molecule has 0 aliphatic carbocycles. The molecule has 0 aromatic carbocycles. The number of amides is 2. The molecule has 2 amide bonds. The molecule has 0 atom stereocenters. The quantitative estimate of drug-likeness (QED) is 0.539. The minimum absolute atomic E-state index is 0.0267. The molecule has 5 nitrogen and oxygen atoms in total. The molecule has 1 aliphatic heterocycles. The average molecular weight is 226 g/mol. The van der Waals surface area contributed by atoms with Gasteiger partial charge in [0.1, 0.15) is 0 Å². The molecule has 0 fully saturated rings. The molecule has 1 heterocycles. The Morgan fingerprint density at radius 2 is 2.38 bits per heavy atom. The van der Waals surface area contributed by atoms with Crippen LogP contribution in [0.2, 0.25) is 0 Å². The molecule has 1 rings (SSSR count). The van der Waals surface area contributed by atoms with Crippen LogP contribution in [-0.2, 0) is 9.59 Å². The summed E-state index contributed by atoms with van der Waals surface area (Å²) in [7, 11) is 0. The van der Waals surface area contributed by atoms with Crippen LogP contribution in [0.4, 0.5) is 0 Å². The zero-order chi connectivity index (χ0) is 12.0. The van der Waals surface area contributed by atoms with Crippen molar-refractivity contribution in [3.05, 3.63) is 11.6 Å². The lowest BCUT2D eigenvalue weighted by molar-refractivity contribution is -0.129. The van der Waals surface area contributed by atoms with Crippen molar-refractivity contribution in [2.45, 2.75) is 32.6 Å². The molecule has 0 spiro atoms. The van der Waals surface area contributed by atoms with Gasteiger partial charge in [0, 0.05) is 25.1 Å². The van der Waals surface area contributed by atoms with Gasteiger partial charge in [0.05, 0.1) is 0 Å². The van der Waals surface area contributed by atoms with Gasteiger partial charge in [-0.25, -0.2) is 5.48 Å². The number of nitrogens with zero attached hydrogens (tertiary/aromatic N) is 1. The lowest BCUT2D eigenvalue weighted by Gasteiger charge is -2.26. The van der Waals surface area contributed by atoms with Crippen LogP contribution in [0.15, 0.2) is 11.6 Å². The molecule has 0 radical (unpaired) electrons. The summed E-state index contributed by atoms with van der Waals surface area (Å²) >= 11 is 0. The molecule has 0 aromatic heterocycles. The molecule has 0 saturated carbocycles. The van der Waals surface area contributed by atoms with Crippen molar-refractivity contribution in [3.8, 4) is 0 Å². The van der Waals surface area contributed by atoms with E-state index in [4.69, 9.17) is 5.21 Å². The number of hydroxylamine groups is 1. The second-order valence-corrected chi connectivity index (χ2v) is 3.85. The third-order valence-corrected chi connectivity index (χ3v) is 2.59. The Hall–Kier alpha value is -1.36. The maximum absolute atomic E-state index is 11.9. The summed E-state index contributed by atoms with van der Waals surface area (Å²) in [5.74, 6) is -0.430. The number of carbonyl (C=O) groups is 2. The van der Waals surface area contributed by atoms with Gasteiger partial charge in [-0.1, -0.05) is 13.0 Å². The Labute approximate surface area is 95.1 Å².